The molecule has 1 rings (SSSR count). The molecule has 3 nitrogen and oxygen atoms in total. The van der Waals surface area contributed by atoms with Crippen molar-refractivity contribution in [3.05, 3.63) is 0 Å². The summed E-state index contributed by atoms with van der Waals surface area (Å²) in [5.41, 5.74) is 7.33. The molecular weight excluding hydrogens is 166 g/mol. The lowest BCUT2D eigenvalue weighted by atomic mass is 9.80. The summed E-state index contributed by atoms with van der Waals surface area (Å²) in [7, 11) is 1.41. The predicted molar refractivity (Wildman–Crippen MR) is 50.0 cm³/mol. The van der Waals surface area contributed by atoms with Crippen molar-refractivity contribution in [3.63, 3.8) is 0 Å². The van der Waals surface area contributed by atoms with Crippen LogP contribution in [0.2, 0.25) is 0 Å². The Morgan fingerprint density at radius 3 is 2.54 bits per heavy atom. The highest BCUT2D eigenvalue weighted by molar-refractivity contribution is 5.72. The average Bonchev–Trinajstić information content (AvgIpc) is 2.20. The number of rotatable bonds is 3. The van der Waals surface area contributed by atoms with Crippen molar-refractivity contribution >= 4 is 5.97 Å². The predicted octanol–water partition coefficient (Wildman–Crippen LogP) is 1.64. The van der Waals surface area contributed by atoms with Gasteiger partial charge >= 0.3 is 5.97 Å². The van der Waals surface area contributed by atoms with Crippen LogP contribution in [0.3, 0.4) is 0 Å². The number of ether oxygens (including phenoxy) is 1. The van der Waals surface area contributed by atoms with Crippen LogP contribution in [0.25, 0.3) is 0 Å². The molecule has 3 heteroatoms. The second-order valence-corrected chi connectivity index (χ2v) is 3.73. The third-order valence-corrected chi connectivity index (χ3v) is 2.94. The van der Waals surface area contributed by atoms with Crippen LogP contribution in [-0.4, -0.2) is 19.6 Å². The summed E-state index contributed by atoms with van der Waals surface area (Å²) in [5, 5.41) is 0. The summed E-state index contributed by atoms with van der Waals surface area (Å²) in [5.74, 6) is 0.0332. The summed E-state index contributed by atoms with van der Waals surface area (Å²) in [6.07, 6.45) is 5.88. The van der Waals surface area contributed by atoms with Crippen LogP contribution < -0.4 is 5.73 Å². The quantitative estimate of drug-likeness (QED) is 0.626. The number of nitrogens with one attached hydrogen (secondary N) is 1. The Hall–Kier alpha value is -0.570. The molecule has 0 spiro atoms. The summed E-state index contributed by atoms with van der Waals surface area (Å²) in [6, 6.07) is 0. The van der Waals surface area contributed by atoms with Crippen LogP contribution in [0.4, 0.5) is 0 Å². The van der Waals surface area contributed by atoms with Crippen molar-refractivity contribution in [1.82, 2.24) is 5.73 Å². The van der Waals surface area contributed by atoms with E-state index in [1.807, 2.05) is 0 Å². The van der Waals surface area contributed by atoms with E-state index in [2.05, 4.69) is 0 Å². The molecule has 0 aromatic heterocycles. The fraction of sp³-hybridized carbons (Fsp3) is 0.900. The van der Waals surface area contributed by atoms with Gasteiger partial charge in [-0.15, -0.1) is 0 Å². The highest BCUT2D eigenvalue weighted by Crippen LogP contribution is 2.30. The fourth-order valence-electron chi connectivity index (χ4n) is 2.13. The van der Waals surface area contributed by atoms with Crippen molar-refractivity contribution in [1.29, 1.82) is 0 Å². The monoisotopic (exact) mass is 184 g/mol. The highest BCUT2D eigenvalue weighted by atomic mass is 16.5. The first-order chi connectivity index (χ1) is 6.29. The van der Waals surface area contributed by atoms with E-state index >= 15 is 0 Å². The van der Waals surface area contributed by atoms with E-state index in [-0.39, 0.29) is 18.4 Å². The van der Waals surface area contributed by atoms with Crippen LogP contribution >= 0.6 is 0 Å². The molecule has 1 fully saturated rings. The van der Waals surface area contributed by atoms with Gasteiger partial charge in [0, 0.05) is 6.54 Å². The molecule has 0 aromatic carbocycles. The minimum Gasteiger partial charge on any atom is -0.469 e. The van der Waals surface area contributed by atoms with Crippen molar-refractivity contribution in [3.8, 4) is 0 Å². The summed E-state index contributed by atoms with van der Waals surface area (Å²) in [6.45, 7) is 0.178. The molecule has 0 amide bonds. The molecule has 1 aliphatic rings. The molecule has 75 valence electrons. The number of carbonyl (C=O) groups excluding carboxylic acids is 1. The van der Waals surface area contributed by atoms with Crippen molar-refractivity contribution < 1.29 is 9.53 Å². The van der Waals surface area contributed by atoms with Crippen molar-refractivity contribution in [2.24, 2.45) is 11.8 Å². The lowest BCUT2D eigenvalue weighted by Gasteiger charge is -2.27. The number of carbonyl (C=O) groups is 1. The van der Waals surface area contributed by atoms with Crippen LogP contribution in [0.1, 0.15) is 32.1 Å². The third-order valence-electron chi connectivity index (χ3n) is 2.94. The number of hydrogen-bond donors (Lipinski definition) is 0. The molecule has 13 heavy (non-hydrogen) atoms. The Kier molecular flexibility index (Phi) is 4.22. The van der Waals surface area contributed by atoms with E-state index in [1.165, 1.54) is 26.4 Å². The van der Waals surface area contributed by atoms with Gasteiger partial charge in [-0.05, 0) is 18.8 Å². The largest absolute Gasteiger partial charge is 0.469 e. The van der Waals surface area contributed by atoms with Gasteiger partial charge in [-0.1, -0.05) is 19.3 Å². The lowest BCUT2D eigenvalue weighted by molar-refractivity contribution is -0.147. The second-order valence-electron chi connectivity index (χ2n) is 3.73. The van der Waals surface area contributed by atoms with Gasteiger partial charge in [0.15, 0.2) is 0 Å². The molecule has 1 atom stereocenters. The average molecular weight is 184 g/mol. The van der Waals surface area contributed by atoms with Gasteiger partial charge in [0.1, 0.15) is 0 Å². The summed E-state index contributed by atoms with van der Waals surface area (Å²) >= 11 is 0. The van der Waals surface area contributed by atoms with Crippen molar-refractivity contribution in [2.45, 2.75) is 32.1 Å². The standard InChI is InChI=1S/C10H18NO2/c1-13-10(12)9(7-11)8-5-3-2-4-6-8/h8-9,11H,2-7H2,1H3. The minimum absolute atomic E-state index is 0.176. The summed E-state index contributed by atoms with van der Waals surface area (Å²) < 4.78 is 4.70. The molecule has 1 aliphatic carbocycles. The van der Waals surface area contributed by atoms with Crippen molar-refractivity contribution in [2.75, 3.05) is 13.7 Å². The molecule has 0 saturated heterocycles. The molecule has 1 N–H and O–H groups in total. The molecule has 0 bridgehead atoms. The smallest absolute Gasteiger partial charge is 0.310 e. The topological polar surface area (TPSA) is 50.1 Å². The Morgan fingerprint density at radius 2 is 2.08 bits per heavy atom. The summed E-state index contributed by atoms with van der Waals surface area (Å²) in [4.78, 5) is 11.3. The first-order valence-electron chi connectivity index (χ1n) is 5.02. The van der Waals surface area contributed by atoms with Gasteiger partial charge in [-0.2, -0.15) is 0 Å². The van der Waals surface area contributed by atoms with E-state index < -0.39 is 0 Å². The maximum Gasteiger partial charge on any atom is 0.310 e. The van der Waals surface area contributed by atoms with Gasteiger partial charge < -0.3 is 4.74 Å². The molecule has 1 saturated carbocycles. The fourth-order valence-corrected chi connectivity index (χ4v) is 2.13. The van der Waals surface area contributed by atoms with Gasteiger partial charge in [0.05, 0.1) is 13.0 Å². The first-order valence-corrected chi connectivity index (χ1v) is 5.02. The Balaban J connectivity index is 2.48. The molecule has 0 aromatic rings. The first kappa shape index (κ1) is 10.5. The van der Waals surface area contributed by atoms with Crippen LogP contribution in [0.5, 0.6) is 0 Å². The highest BCUT2D eigenvalue weighted by Gasteiger charge is 2.28. The van der Waals surface area contributed by atoms with Gasteiger partial charge in [0.2, 0.25) is 0 Å². The molecule has 0 heterocycles. The van der Waals surface area contributed by atoms with Crippen LogP contribution in [0.15, 0.2) is 0 Å². The van der Waals surface area contributed by atoms with E-state index in [1.54, 1.807) is 0 Å². The van der Waals surface area contributed by atoms with Gasteiger partial charge in [-0.3, -0.25) is 10.5 Å². The normalized spacial score (nSPS) is 21.1. The van der Waals surface area contributed by atoms with E-state index in [0.29, 0.717) is 5.92 Å². The zero-order chi connectivity index (χ0) is 9.68. The zero-order valence-corrected chi connectivity index (χ0v) is 8.21. The van der Waals surface area contributed by atoms with Gasteiger partial charge in [0.25, 0.3) is 0 Å². The zero-order valence-electron chi connectivity index (χ0n) is 8.21. The van der Waals surface area contributed by atoms with Crippen LogP contribution in [0, 0.1) is 11.8 Å². The third kappa shape index (κ3) is 2.69. The number of methoxy groups -OCH3 is 1. The Labute approximate surface area is 79.6 Å². The Morgan fingerprint density at radius 1 is 1.46 bits per heavy atom. The molecule has 0 aliphatic heterocycles. The lowest BCUT2D eigenvalue weighted by Crippen LogP contribution is -2.30. The van der Waals surface area contributed by atoms with E-state index in [4.69, 9.17) is 10.5 Å². The van der Waals surface area contributed by atoms with Gasteiger partial charge in [-0.25, -0.2) is 0 Å². The Bertz CT molecular complexity index is 164. The van der Waals surface area contributed by atoms with E-state index in [9.17, 15) is 4.79 Å². The second kappa shape index (κ2) is 5.22. The van der Waals surface area contributed by atoms with Crippen LogP contribution in [-0.2, 0) is 9.53 Å². The molecule has 1 radical (unpaired) electrons. The molecular formula is C10H18NO2. The molecule has 1 unspecified atom stereocenters. The maximum atomic E-state index is 11.3. The number of esters is 1. The minimum atomic E-state index is -0.193. The number of hydrogen-bond acceptors (Lipinski definition) is 2. The van der Waals surface area contributed by atoms with E-state index in [0.717, 1.165) is 12.8 Å². The SMILES string of the molecule is COC(=O)C(C[NH])C1CCCCC1. The maximum absolute atomic E-state index is 11.3.